The number of nitrogens with one attached hydrogen (secondary N) is 1. The van der Waals surface area contributed by atoms with Gasteiger partial charge in [-0.05, 0) is 18.6 Å². The molecule has 1 heterocycles. The third-order valence-corrected chi connectivity index (χ3v) is 3.04. The number of anilines is 1. The fraction of sp³-hybridized carbons (Fsp3) is 0.364. The number of nitrogens with zero attached hydrogens (tertiary/aromatic N) is 1. The summed E-state index contributed by atoms with van der Waals surface area (Å²) in [5.41, 5.74) is 1.63. The Morgan fingerprint density at radius 2 is 2.25 bits per heavy atom. The van der Waals surface area contributed by atoms with E-state index in [1.54, 1.807) is 6.26 Å². The van der Waals surface area contributed by atoms with Crippen LogP contribution in [0.3, 0.4) is 0 Å². The van der Waals surface area contributed by atoms with Crippen LogP contribution in [0.15, 0.2) is 28.7 Å². The van der Waals surface area contributed by atoms with Gasteiger partial charge in [0.05, 0.1) is 0 Å². The minimum Gasteiger partial charge on any atom is -0.424 e. The number of hydrogen-bond donors (Lipinski definition) is 1. The predicted molar refractivity (Wildman–Crippen MR) is 66.0 cm³/mol. The molecule has 4 nitrogen and oxygen atoms in total. The van der Waals surface area contributed by atoms with Crippen LogP contribution in [0.1, 0.15) is 6.42 Å². The van der Waals surface area contributed by atoms with E-state index in [9.17, 15) is 4.21 Å². The van der Waals surface area contributed by atoms with Gasteiger partial charge in [-0.15, -0.1) is 0 Å². The van der Waals surface area contributed by atoms with Gasteiger partial charge in [-0.2, -0.15) is 4.98 Å². The molecule has 0 fully saturated rings. The van der Waals surface area contributed by atoms with Crippen LogP contribution in [0, 0.1) is 0 Å². The van der Waals surface area contributed by atoms with E-state index in [4.69, 9.17) is 4.42 Å². The molecule has 0 aliphatic heterocycles. The zero-order valence-electron chi connectivity index (χ0n) is 9.10. The molecular formula is C11H14N2O2S. The maximum atomic E-state index is 10.8. The standard InChI is InChI=1S/C11H14N2O2S/c1-16(14)8-4-7-12-11-13-9-5-2-3-6-10(9)15-11/h2-3,5-6H,4,7-8H2,1H3,(H,12,13). The highest BCUT2D eigenvalue weighted by Crippen LogP contribution is 2.17. The van der Waals surface area contributed by atoms with E-state index in [-0.39, 0.29) is 0 Å². The van der Waals surface area contributed by atoms with E-state index in [1.807, 2.05) is 24.3 Å². The van der Waals surface area contributed by atoms with Gasteiger partial charge < -0.3 is 9.73 Å². The Balaban J connectivity index is 1.92. The Morgan fingerprint density at radius 1 is 1.44 bits per heavy atom. The normalized spacial score (nSPS) is 12.8. The third-order valence-electron chi connectivity index (χ3n) is 2.18. The van der Waals surface area contributed by atoms with Crippen molar-refractivity contribution in [1.82, 2.24) is 4.98 Å². The van der Waals surface area contributed by atoms with Crippen molar-refractivity contribution in [1.29, 1.82) is 0 Å². The van der Waals surface area contributed by atoms with Gasteiger partial charge in [0.1, 0.15) is 5.52 Å². The number of para-hydroxylation sites is 2. The van der Waals surface area contributed by atoms with Gasteiger partial charge in [0.25, 0.3) is 6.01 Å². The Hall–Kier alpha value is -1.36. The first-order valence-corrected chi connectivity index (χ1v) is 6.88. The molecule has 0 radical (unpaired) electrons. The van der Waals surface area contributed by atoms with E-state index in [2.05, 4.69) is 10.3 Å². The molecule has 86 valence electrons. The van der Waals surface area contributed by atoms with Gasteiger partial charge in [0.2, 0.25) is 0 Å². The highest BCUT2D eigenvalue weighted by molar-refractivity contribution is 7.84. The van der Waals surface area contributed by atoms with Gasteiger partial charge in [0, 0.05) is 29.4 Å². The highest BCUT2D eigenvalue weighted by Gasteiger charge is 2.03. The molecule has 0 amide bonds. The molecule has 1 aromatic carbocycles. The van der Waals surface area contributed by atoms with Crippen LogP contribution in [-0.2, 0) is 10.8 Å². The van der Waals surface area contributed by atoms with Crippen molar-refractivity contribution in [3.05, 3.63) is 24.3 Å². The summed E-state index contributed by atoms with van der Waals surface area (Å²) in [6.07, 6.45) is 2.56. The summed E-state index contributed by atoms with van der Waals surface area (Å²) in [4.78, 5) is 4.28. The number of rotatable bonds is 5. The molecule has 0 aliphatic rings. The summed E-state index contributed by atoms with van der Waals surface area (Å²) in [6.45, 7) is 0.729. The summed E-state index contributed by atoms with van der Waals surface area (Å²) in [6, 6.07) is 8.16. The van der Waals surface area contributed by atoms with Crippen LogP contribution in [0.25, 0.3) is 11.1 Å². The lowest BCUT2D eigenvalue weighted by Crippen LogP contribution is -2.06. The summed E-state index contributed by atoms with van der Waals surface area (Å²) < 4.78 is 16.3. The largest absolute Gasteiger partial charge is 0.424 e. The van der Waals surface area contributed by atoms with Crippen molar-refractivity contribution in [3.8, 4) is 0 Å². The van der Waals surface area contributed by atoms with Crippen LogP contribution in [0.2, 0.25) is 0 Å². The molecule has 0 spiro atoms. The van der Waals surface area contributed by atoms with Crippen molar-refractivity contribution in [2.75, 3.05) is 23.9 Å². The molecule has 2 rings (SSSR count). The van der Waals surface area contributed by atoms with Crippen molar-refractivity contribution in [2.24, 2.45) is 0 Å². The van der Waals surface area contributed by atoms with E-state index >= 15 is 0 Å². The van der Waals surface area contributed by atoms with Crippen molar-refractivity contribution in [3.63, 3.8) is 0 Å². The Bertz CT molecular complexity index is 462. The van der Waals surface area contributed by atoms with Crippen molar-refractivity contribution < 1.29 is 8.63 Å². The number of aromatic nitrogens is 1. The molecule has 0 saturated carbocycles. The lowest BCUT2D eigenvalue weighted by atomic mass is 10.3. The second kappa shape index (κ2) is 5.12. The first kappa shape index (κ1) is 11.1. The third kappa shape index (κ3) is 2.82. The van der Waals surface area contributed by atoms with Gasteiger partial charge in [-0.25, -0.2) is 0 Å². The minimum absolute atomic E-state index is 0.531. The van der Waals surface area contributed by atoms with Gasteiger partial charge >= 0.3 is 0 Å². The van der Waals surface area contributed by atoms with Crippen LogP contribution < -0.4 is 5.32 Å². The molecule has 1 aromatic heterocycles. The fourth-order valence-corrected chi connectivity index (χ4v) is 1.97. The van der Waals surface area contributed by atoms with Crippen molar-refractivity contribution in [2.45, 2.75) is 6.42 Å². The fourth-order valence-electron chi connectivity index (χ4n) is 1.42. The topological polar surface area (TPSA) is 55.1 Å². The Kier molecular flexibility index (Phi) is 3.56. The summed E-state index contributed by atoms with van der Waals surface area (Å²) in [5, 5.41) is 3.08. The smallest absolute Gasteiger partial charge is 0.295 e. The number of hydrogen-bond acceptors (Lipinski definition) is 4. The molecule has 2 aromatic rings. The number of benzene rings is 1. The van der Waals surface area contributed by atoms with Crippen LogP contribution >= 0.6 is 0 Å². The first-order chi connectivity index (χ1) is 7.75. The Morgan fingerprint density at radius 3 is 3.00 bits per heavy atom. The van der Waals surface area contributed by atoms with E-state index in [0.717, 1.165) is 24.1 Å². The minimum atomic E-state index is -0.729. The molecule has 0 aliphatic carbocycles. The predicted octanol–water partition coefficient (Wildman–Crippen LogP) is 2.01. The number of oxazole rings is 1. The van der Waals surface area contributed by atoms with E-state index < -0.39 is 10.8 Å². The number of fused-ring (bicyclic) bond motifs is 1. The average molecular weight is 238 g/mol. The maximum absolute atomic E-state index is 10.8. The SMILES string of the molecule is CS(=O)CCCNc1nc2ccccc2o1. The van der Waals surface area contributed by atoms with E-state index in [1.165, 1.54) is 0 Å². The molecule has 1 N–H and O–H groups in total. The maximum Gasteiger partial charge on any atom is 0.295 e. The molecular weight excluding hydrogens is 224 g/mol. The lowest BCUT2D eigenvalue weighted by molar-refractivity contribution is 0.613. The molecule has 0 bridgehead atoms. The summed E-state index contributed by atoms with van der Waals surface area (Å²) >= 11 is 0. The second-order valence-corrected chi connectivity index (χ2v) is 5.10. The monoisotopic (exact) mass is 238 g/mol. The first-order valence-electron chi connectivity index (χ1n) is 5.15. The Labute approximate surface area is 96.5 Å². The highest BCUT2D eigenvalue weighted by atomic mass is 32.2. The second-order valence-electron chi connectivity index (χ2n) is 3.54. The summed E-state index contributed by atoms with van der Waals surface area (Å²) in [7, 11) is -0.729. The zero-order valence-corrected chi connectivity index (χ0v) is 9.92. The molecule has 16 heavy (non-hydrogen) atoms. The van der Waals surface area contributed by atoms with Crippen LogP contribution in [0.5, 0.6) is 0 Å². The molecule has 1 atom stereocenters. The molecule has 1 unspecified atom stereocenters. The van der Waals surface area contributed by atoms with Gasteiger partial charge in [-0.1, -0.05) is 12.1 Å². The average Bonchev–Trinajstić information content (AvgIpc) is 2.66. The molecule has 0 saturated heterocycles. The summed E-state index contributed by atoms with van der Waals surface area (Å²) in [5.74, 6) is 0.702. The zero-order chi connectivity index (χ0) is 11.4. The van der Waals surface area contributed by atoms with Gasteiger partial charge in [0.15, 0.2) is 5.58 Å². The van der Waals surface area contributed by atoms with Crippen LogP contribution in [0.4, 0.5) is 6.01 Å². The quantitative estimate of drug-likeness (QED) is 0.810. The van der Waals surface area contributed by atoms with E-state index in [0.29, 0.717) is 11.8 Å². The van der Waals surface area contributed by atoms with Crippen LogP contribution in [-0.4, -0.2) is 27.7 Å². The van der Waals surface area contributed by atoms with Crippen molar-refractivity contribution >= 4 is 27.9 Å². The van der Waals surface area contributed by atoms with Gasteiger partial charge in [-0.3, -0.25) is 4.21 Å². The lowest BCUT2D eigenvalue weighted by Gasteiger charge is -1.99. The molecule has 5 heteroatoms.